The van der Waals surface area contributed by atoms with Crippen LogP contribution >= 0.6 is 22.6 Å². The lowest BCUT2D eigenvalue weighted by atomic mass is 10.3. The summed E-state index contributed by atoms with van der Waals surface area (Å²) in [6.45, 7) is 0. The first-order valence-electron chi connectivity index (χ1n) is 3.61. The lowest BCUT2D eigenvalue weighted by Crippen LogP contribution is -2.03. The van der Waals surface area contributed by atoms with Crippen LogP contribution in [0.4, 0.5) is 5.69 Å². The second-order valence-corrected chi connectivity index (χ2v) is 5.02. The Morgan fingerprint density at radius 3 is 2.53 bits per heavy atom. The van der Waals surface area contributed by atoms with Gasteiger partial charge in [0, 0.05) is 6.07 Å². The molecule has 0 spiro atoms. The molecule has 0 saturated carbocycles. The number of hydrogen-bond acceptors (Lipinski definition) is 4. The standard InChI is InChI=1S/C7H5IN2O4S/c1-14-6-4(8)2-3-5(10-9)7(6)15(11,12)13/h2-3H,1H3/p+1. The van der Waals surface area contributed by atoms with E-state index in [0.29, 0.717) is 3.57 Å². The summed E-state index contributed by atoms with van der Waals surface area (Å²) in [6, 6.07) is 2.76. The highest BCUT2D eigenvalue weighted by Gasteiger charge is 2.31. The van der Waals surface area contributed by atoms with Gasteiger partial charge in [-0.25, -0.2) is 0 Å². The number of ether oxygens (including phenoxy) is 1. The second-order valence-electron chi connectivity index (χ2n) is 2.50. The Morgan fingerprint density at radius 2 is 2.13 bits per heavy atom. The van der Waals surface area contributed by atoms with Crippen molar-refractivity contribution in [2.45, 2.75) is 4.90 Å². The molecule has 0 saturated heterocycles. The molecule has 0 unspecified atom stereocenters. The highest BCUT2D eigenvalue weighted by molar-refractivity contribution is 14.1. The van der Waals surface area contributed by atoms with Crippen molar-refractivity contribution in [3.05, 3.63) is 20.7 Å². The van der Waals surface area contributed by atoms with E-state index in [-0.39, 0.29) is 11.4 Å². The Labute approximate surface area is 99.8 Å². The Balaban J connectivity index is 3.73. The van der Waals surface area contributed by atoms with E-state index in [1.165, 1.54) is 19.2 Å². The topological polar surface area (TPSA) is 91.8 Å². The molecule has 1 N–H and O–H groups in total. The third-order valence-electron chi connectivity index (χ3n) is 1.61. The third-order valence-corrected chi connectivity index (χ3v) is 3.37. The summed E-state index contributed by atoms with van der Waals surface area (Å²) in [5, 5.41) is 8.58. The molecule has 0 atom stereocenters. The summed E-state index contributed by atoms with van der Waals surface area (Å²) < 4.78 is 36.4. The quantitative estimate of drug-likeness (QED) is 0.505. The number of nitrogens with zero attached hydrogens (tertiary/aromatic N) is 2. The molecule has 0 aromatic heterocycles. The van der Waals surface area contributed by atoms with Crippen LogP contribution in [-0.2, 0) is 10.1 Å². The van der Waals surface area contributed by atoms with Crippen molar-refractivity contribution in [1.29, 1.82) is 5.39 Å². The van der Waals surface area contributed by atoms with Crippen molar-refractivity contribution in [1.82, 2.24) is 0 Å². The van der Waals surface area contributed by atoms with Crippen LogP contribution in [0.1, 0.15) is 0 Å². The average Bonchev–Trinajstić information content (AvgIpc) is 2.15. The minimum Gasteiger partial charge on any atom is -0.494 e. The van der Waals surface area contributed by atoms with Gasteiger partial charge in [-0.1, -0.05) is 0 Å². The Hall–Kier alpha value is -0.920. The predicted molar refractivity (Wildman–Crippen MR) is 60.3 cm³/mol. The summed E-state index contributed by atoms with van der Waals surface area (Å²) in [6.07, 6.45) is 0. The number of methoxy groups -OCH3 is 1. The van der Waals surface area contributed by atoms with Crippen LogP contribution < -0.4 is 4.74 Å². The van der Waals surface area contributed by atoms with Gasteiger partial charge >= 0.3 is 15.8 Å². The van der Waals surface area contributed by atoms with Gasteiger partial charge in [0.05, 0.1) is 10.7 Å². The molecule has 0 amide bonds. The van der Waals surface area contributed by atoms with Crippen molar-refractivity contribution in [2.75, 3.05) is 7.11 Å². The molecule has 15 heavy (non-hydrogen) atoms. The SMILES string of the molecule is COc1c(I)ccc([N+]#N)c1S(=O)(=O)O. The molecule has 0 heterocycles. The van der Waals surface area contributed by atoms with Gasteiger partial charge in [0.2, 0.25) is 10.3 Å². The van der Waals surface area contributed by atoms with Crippen molar-refractivity contribution in [3.8, 4) is 5.75 Å². The van der Waals surface area contributed by atoms with E-state index < -0.39 is 15.0 Å². The minimum absolute atomic E-state index is 0.0478. The van der Waals surface area contributed by atoms with E-state index in [9.17, 15) is 8.42 Å². The van der Waals surface area contributed by atoms with Crippen molar-refractivity contribution in [3.63, 3.8) is 0 Å². The molecule has 0 bridgehead atoms. The van der Waals surface area contributed by atoms with Gasteiger partial charge in [-0.15, -0.1) is 0 Å². The smallest absolute Gasteiger partial charge is 0.409 e. The molecule has 0 aliphatic rings. The fraction of sp³-hybridized carbons (Fsp3) is 0.143. The predicted octanol–water partition coefficient (Wildman–Crippen LogP) is 2.03. The van der Waals surface area contributed by atoms with E-state index >= 15 is 0 Å². The molecular weight excluding hydrogens is 335 g/mol. The van der Waals surface area contributed by atoms with E-state index in [0.717, 1.165) is 0 Å². The highest BCUT2D eigenvalue weighted by atomic mass is 127. The maximum atomic E-state index is 11.0. The zero-order chi connectivity index (χ0) is 11.6. The molecule has 6 nitrogen and oxygen atoms in total. The van der Waals surface area contributed by atoms with Gasteiger partial charge < -0.3 is 4.74 Å². The molecule has 1 rings (SSSR count). The molecule has 0 aliphatic carbocycles. The van der Waals surface area contributed by atoms with Crippen molar-refractivity contribution >= 4 is 38.4 Å². The molecule has 8 heteroatoms. The summed E-state index contributed by atoms with van der Waals surface area (Å²) in [5.74, 6) is -0.0478. The molecule has 1 aromatic carbocycles. The lowest BCUT2D eigenvalue weighted by Gasteiger charge is -2.04. The number of rotatable bonds is 2. The van der Waals surface area contributed by atoms with Crippen LogP contribution in [0.25, 0.3) is 4.98 Å². The minimum atomic E-state index is -4.49. The third kappa shape index (κ3) is 2.36. The monoisotopic (exact) mass is 341 g/mol. The van der Waals surface area contributed by atoms with Gasteiger partial charge in [0.25, 0.3) is 0 Å². The Kier molecular flexibility index (Phi) is 3.48. The zero-order valence-electron chi connectivity index (χ0n) is 7.51. The number of diazo groups is 1. The number of hydrogen-bond donors (Lipinski definition) is 1. The first-order valence-corrected chi connectivity index (χ1v) is 6.12. The summed E-state index contributed by atoms with van der Waals surface area (Å²) >= 11 is 1.84. The van der Waals surface area contributed by atoms with E-state index in [1.54, 1.807) is 0 Å². The van der Waals surface area contributed by atoms with Crippen LogP contribution in [0.15, 0.2) is 17.0 Å². The first-order chi connectivity index (χ1) is 6.91. The highest BCUT2D eigenvalue weighted by Crippen LogP contribution is 2.36. The van der Waals surface area contributed by atoms with E-state index in [1.807, 2.05) is 22.6 Å². The molecule has 0 radical (unpaired) electrons. The maximum absolute atomic E-state index is 11.0. The van der Waals surface area contributed by atoms with Crippen LogP contribution in [0.3, 0.4) is 0 Å². The zero-order valence-corrected chi connectivity index (χ0v) is 10.5. The van der Waals surface area contributed by atoms with Crippen molar-refractivity contribution in [2.24, 2.45) is 0 Å². The molecule has 1 aromatic rings. The first kappa shape index (κ1) is 12.2. The van der Waals surface area contributed by atoms with Gasteiger partial charge in [0.15, 0.2) is 10.7 Å². The average molecular weight is 341 g/mol. The van der Waals surface area contributed by atoms with Gasteiger partial charge in [-0.3, -0.25) is 4.55 Å². The number of benzene rings is 1. The van der Waals surface area contributed by atoms with E-state index in [4.69, 9.17) is 14.7 Å². The Morgan fingerprint density at radius 1 is 1.53 bits per heavy atom. The fourth-order valence-corrected chi connectivity index (χ4v) is 2.70. The van der Waals surface area contributed by atoms with Gasteiger partial charge in [0.1, 0.15) is 0 Å². The molecule has 80 valence electrons. The largest absolute Gasteiger partial charge is 0.494 e. The normalized spacial score (nSPS) is 10.8. The van der Waals surface area contributed by atoms with Gasteiger partial charge in [-0.2, -0.15) is 8.42 Å². The van der Waals surface area contributed by atoms with Crippen molar-refractivity contribution < 1.29 is 17.7 Å². The van der Waals surface area contributed by atoms with Crippen LogP contribution in [0.5, 0.6) is 5.75 Å². The molecule has 0 fully saturated rings. The molecule has 0 aliphatic heterocycles. The fourth-order valence-electron chi connectivity index (χ4n) is 1.05. The lowest BCUT2D eigenvalue weighted by molar-refractivity contribution is 0.395. The van der Waals surface area contributed by atoms with Crippen LogP contribution in [-0.4, -0.2) is 20.1 Å². The van der Waals surface area contributed by atoms with Crippen LogP contribution in [0.2, 0.25) is 0 Å². The summed E-state index contributed by atoms with van der Waals surface area (Å²) in [7, 11) is -3.24. The van der Waals surface area contributed by atoms with E-state index in [2.05, 4.69) is 4.98 Å². The van der Waals surface area contributed by atoms with Crippen LogP contribution in [0, 0.1) is 8.96 Å². The number of halogens is 1. The molecular formula is C7H6IN2O4S+. The maximum Gasteiger partial charge on any atom is 0.409 e. The Bertz CT molecular complexity index is 535. The van der Waals surface area contributed by atoms with Gasteiger partial charge in [-0.05, 0) is 28.7 Å². The summed E-state index contributed by atoms with van der Waals surface area (Å²) in [5.41, 5.74) is -0.269. The second kappa shape index (κ2) is 4.30. The summed E-state index contributed by atoms with van der Waals surface area (Å²) in [4.78, 5) is 2.22.